The number of rotatable bonds is 8. The van der Waals surface area contributed by atoms with Crippen molar-refractivity contribution in [3.8, 4) is 0 Å². The van der Waals surface area contributed by atoms with Gasteiger partial charge in [0.1, 0.15) is 6.04 Å². The molecule has 0 aliphatic heterocycles. The van der Waals surface area contributed by atoms with Crippen LogP contribution >= 0.6 is 0 Å². The van der Waals surface area contributed by atoms with E-state index in [-0.39, 0.29) is 5.91 Å². The fourth-order valence-corrected chi connectivity index (χ4v) is 4.85. The lowest BCUT2D eigenvalue weighted by atomic mass is 9.97. The number of nitrogens with zero attached hydrogens (tertiary/aromatic N) is 1. The van der Waals surface area contributed by atoms with Crippen molar-refractivity contribution in [2.24, 2.45) is 0 Å². The highest BCUT2D eigenvalue weighted by atomic mass is 32.2. The van der Waals surface area contributed by atoms with Crippen molar-refractivity contribution in [3.63, 3.8) is 0 Å². The molecule has 0 spiro atoms. The van der Waals surface area contributed by atoms with Crippen molar-refractivity contribution < 1.29 is 13.2 Å². The van der Waals surface area contributed by atoms with Gasteiger partial charge >= 0.3 is 0 Å². The third-order valence-corrected chi connectivity index (χ3v) is 6.23. The topological polar surface area (TPSA) is 66.5 Å². The molecule has 1 aliphatic carbocycles. The van der Waals surface area contributed by atoms with E-state index in [0.29, 0.717) is 18.7 Å². The number of nitrogens with one attached hydrogen (secondary N) is 1. The van der Waals surface area contributed by atoms with Crippen molar-refractivity contribution in [1.29, 1.82) is 0 Å². The van der Waals surface area contributed by atoms with Gasteiger partial charge in [0.05, 0.1) is 11.9 Å². The van der Waals surface area contributed by atoms with Crippen molar-refractivity contribution in [2.45, 2.75) is 65.3 Å². The van der Waals surface area contributed by atoms with E-state index in [2.05, 4.69) is 11.4 Å². The summed E-state index contributed by atoms with van der Waals surface area (Å²) < 4.78 is 26.4. The quantitative estimate of drug-likeness (QED) is 0.683. The lowest BCUT2D eigenvalue weighted by molar-refractivity contribution is -0.122. The van der Waals surface area contributed by atoms with Crippen LogP contribution in [-0.4, -0.2) is 33.2 Å². The van der Waals surface area contributed by atoms with Gasteiger partial charge in [0.2, 0.25) is 15.9 Å². The zero-order valence-electron chi connectivity index (χ0n) is 16.9. The SMILES string of the molecule is CC[C@H](C(=O)NCCC1=CCCCC1)N(c1cc(C)ccc1C)S(C)(=O)=O. The summed E-state index contributed by atoms with van der Waals surface area (Å²) in [7, 11) is -3.60. The van der Waals surface area contributed by atoms with Gasteiger partial charge in [0.15, 0.2) is 0 Å². The monoisotopic (exact) mass is 392 g/mol. The first-order valence-corrected chi connectivity index (χ1v) is 11.6. The van der Waals surface area contributed by atoms with E-state index < -0.39 is 16.1 Å². The molecule has 0 unspecified atom stereocenters. The maximum atomic E-state index is 12.8. The lowest BCUT2D eigenvalue weighted by Gasteiger charge is -2.31. The first-order chi connectivity index (χ1) is 12.7. The van der Waals surface area contributed by atoms with Gasteiger partial charge in [0, 0.05) is 6.54 Å². The smallest absolute Gasteiger partial charge is 0.243 e. The standard InChI is InChI=1S/C21H32N2O3S/c1-5-19(21(24)22-14-13-18-9-7-6-8-10-18)23(27(4,25)26)20-15-16(2)11-12-17(20)3/h9,11-12,15,19H,5-8,10,13-14H2,1-4H3,(H,22,24)/t19-/m1/s1. The van der Waals surface area contributed by atoms with Crippen LogP contribution in [0.4, 0.5) is 5.69 Å². The maximum Gasteiger partial charge on any atom is 0.243 e. The molecule has 1 N–H and O–H groups in total. The Balaban J connectivity index is 2.18. The number of sulfonamides is 1. The van der Waals surface area contributed by atoms with Crippen molar-refractivity contribution in [2.75, 3.05) is 17.1 Å². The Bertz CT molecular complexity index is 800. The highest BCUT2D eigenvalue weighted by Gasteiger charge is 2.32. The zero-order chi connectivity index (χ0) is 20.0. The summed E-state index contributed by atoms with van der Waals surface area (Å²) in [6.45, 7) is 6.18. The van der Waals surface area contributed by atoms with Crippen LogP contribution in [0.15, 0.2) is 29.8 Å². The van der Waals surface area contributed by atoms with Crippen LogP contribution in [0.25, 0.3) is 0 Å². The minimum atomic E-state index is -3.60. The molecular formula is C21H32N2O3S. The summed E-state index contributed by atoms with van der Waals surface area (Å²) in [6, 6.07) is 4.92. The molecule has 5 nitrogen and oxygen atoms in total. The summed E-state index contributed by atoms with van der Waals surface area (Å²) in [5.74, 6) is -0.236. The Morgan fingerprint density at radius 3 is 2.59 bits per heavy atom. The van der Waals surface area contributed by atoms with Crippen LogP contribution in [0.2, 0.25) is 0 Å². The Kier molecular flexibility index (Phi) is 7.48. The number of anilines is 1. The van der Waals surface area contributed by atoms with Gasteiger partial charge in [-0.2, -0.15) is 0 Å². The Labute approximate surface area is 163 Å². The first-order valence-electron chi connectivity index (χ1n) is 9.76. The van der Waals surface area contributed by atoms with Crippen molar-refractivity contribution in [1.82, 2.24) is 5.32 Å². The summed E-state index contributed by atoms with van der Waals surface area (Å²) in [6.07, 6.45) is 9.36. The summed E-state index contributed by atoms with van der Waals surface area (Å²) in [5, 5.41) is 2.95. The lowest BCUT2D eigenvalue weighted by Crippen LogP contribution is -2.49. The number of aryl methyl sites for hydroxylation is 2. The molecule has 0 heterocycles. The highest BCUT2D eigenvalue weighted by Crippen LogP contribution is 2.27. The Morgan fingerprint density at radius 1 is 1.26 bits per heavy atom. The second-order valence-electron chi connectivity index (χ2n) is 7.42. The maximum absolute atomic E-state index is 12.8. The van der Waals surface area contributed by atoms with Crippen molar-refractivity contribution >= 4 is 21.6 Å². The molecule has 150 valence electrons. The molecular weight excluding hydrogens is 360 g/mol. The van der Waals surface area contributed by atoms with Crippen LogP contribution in [0.1, 0.15) is 56.6 Å². The third kappa shape index (κ3) is 5.83. The van der Waals surface area contributed by atoms with Gasteiger partial charge in [0.25, 0.3) is 0 Å². The number of hydrogen-bond acceptors (Lipinski definition) is 3. The minimum absolute atomic E-state index is 0.236. The molecule has 2 rings (SSSR count). The van der Waals surface area contributed by atoms with E-state index in [4.69, 9.17) is 0 Å². The van der Waals surface area contributed by atoms with Gasteiger partial charge in [-0.05, 0) is 69.6 Å². The number of hydrogen-bond donors (Lipinski definition) is 1. The Hall–Kier alpha value is -1.82. The molecule has 0 saturated carbocycles. The fraction of sp³-hybridized carbons (Fsp3) is 0.571. The number of benzene rings is 1. The van der Waals surface area contributed by atoms with E-state index in [1.807, 2.05) is 39.0 Å². The highest BCUT2D eigenvalue weighted by molar-refractivity contribution is 7.92. The molecule has 1 atom stereocenters. The fourth-order valence-electron chi connectivity index (χ4n) is 3.59. The molecule has 0 bridgehead atoms. The van der Waals surface area contributed by atoms with Crippen LogP contribution in [0.5, 0.6) is 0 Å². The third-order valence-electron chi connectivity index (χ3n) is 5.06. The van der Waals surface area contributed by atoms with Crippen LogP contribution in [0, 0.1) is 13.8 Å². The van der Waals surface area contributed by atoms with E-state index in [1.54, 1.807) is 0 Å². The average Bonchev–Trinajstić information content (AvgIpc) is 2.61. The summed E-state index contributed by atoms with van der Waals surface area (Å²) >= 11 is 0. The molecule has 1 aromatic carbocycles. The molecule has 0 saturated heterocycles. The zero-order valence-corrected chi connectivity index (χ0v) is 17.7. The van der Waals surface area contributed by atoms with E-state index in [0.717, 1.165) is 36.6 Å². The van der Waals surface area contributed by atoms with Gasteiger partial charge < -0.3 is 5.32 Å². The summed E-state index contributed by atoms with van der Waals surface area (Å²) in [4.78, 5) is 12.8. The molecule has 27 heavy (non-hydrogen) atoms. The molecule has 0 fully saturated rings. The van der Waals surface area contributed by atoms with Gasteiger partial charge in [-0.25, -0.2) is 8.42 Å². The first kappa shape index (κ1) is 21.5. The van der Waals surface area contributed by atoms with Gasteiger partial charge in [-0.3, -0.25) is 9.10 Å². The predicted octanol–water partition coefficient (Wildman–Crippen LogP) is 3.85. The van der Waals surface area contributed by atoms with Crippen LogP contribution in [-0.2, 0) is 14.8 Å². The molecule has 1 aliphatic rings. The van der Waals surface area contributed by atoms with Gasteiger partial charge in [-0.15, -0.1) is 0 Å². The number of carbonyl (C=O) groups is 1. The van der Waals surface area contributed by atoms with Gasteiger partial charge in [-0.1, -0.05) is 30.7 Å². The largest absolute Gasteiger partial charge is 0.354 e. The average molecular weight is 393 g/mol. The summed E-state index contributed by atoms with van der Waals surface area (Å²) in [5.41, 5.74) is 3.77. The molecule has 0 aromatic heterocycles. The second-order valence-corrected chi connectivity index (χ2v) is 9.28. The van der Waals surface area contributed by atoms with E-state index in [1.165, 1.54) is 22.7 Å². The minimum Gasteiger partial charge on any atom is -0.354 e. The predicted molar refractivity (Wildman–Crippen MR) is 111 cm³/mol. The molecule has 0 radical (unpaired) electrons. The van der Waals surface area contributed by atoms with E-state index in [9.17, 15) is 13.2 Å². The molecule has 6 heteroatoms. The molecule has 1 amide bonds. The number of carbonyl (C=O) groups excluding carboxylic acids is 1. The number of amides is 1. The Morgan fingerprint density at radius 2 is 2.00 bits per heavy atom. The number of allylic oxidation sites excluding steroid dienone is 1. The molecule has 1 aromatic rings. The van der Waals surface area contributed by atoms with Crippen molar-refractivity contribution in [3.05, 3.63) is 41.0 Å². The second kappa shape index (κ2) is 9.40. The van der Waals surface area contributed by atoms with Crippen LogP contribution < -0.4 is 9.62 Å². The van der Waals surface area contributed by atoms with E-state index >= 15 is 0 Å². The van der Waals surface area contributed by atoms with Crippen LogP contribution in [0.3, 0.4) is 0 Å². The normalized spacial score (nSPS) is 15.8.